The fourth-order valence-electron chi connectivity index (χ4n) is 4.04. The number of para-hydroxylation sites is 1. The third kappa shape index (κ3) is 12.6. The summed E-state index contributed by atoms with van der Waals surface area (Å²) in [5.41, 5.74) is 2.01. The van der Waals surface area contributed by atoms with E-state index in [2.05, 4.69) is 28.5 Å². The molecular formula is C27H42N4O8S. The van der Waals surface area contributed by atoms with Crippen molar-refractivity contribution in [1.82, 2.24) is 20.1 Å². The van der Waals surface area contributed by atoms with E-state index >= 15 is 0 Å². The van der Waals surface area contributed by atoms with E-state index in [1.54, 1.807) is 0 Å². The molecule has 0 spiro atoms. The maximum absolute atomic E-state index is 12.8. The Hall–Kier alpha value is -2.84. The lowest BCUT2D eigenvalue weighted by Crippen LogP contribution is -2.51. The van der Waals surface area contributed by atoms with Crippen LogP contribution in [0.2, 0.25) is 0 Å². The maximum atomic E-state index is 12.8. The van der Waals surface area contributed by atoms with Crippen LogP contribution in [0.3, 0.4) is 0 Å². The predicted octanol–water partition coefficient (Wildman–Crippen LogP) is 1.37. The first kappa shape index (κ1) is 33.4. The summed E-state index contributed by atoms with van der Waals surface area (Å²) in [6, 6.07) is 8.46. The lowest BCUT2D eigenvalue weighted by Gasteiger charge is -2.19. The van der Waals surface area contributed by atoms with Crippen molar-refractivity contribution in [1.29, 1.82) is 0 Å². The Labute approximate surface area is 236 Å². The van der Waals surface area contributed by atoms with Crippen LogP contribution in [0.5, 0.6) is 0 Å². The standard InChI is InChI=1S/C27H42N4O8S/c1-4-30(3)19-23-18-22-9-5-6-10-25(22)31(23)13-11-26(33)29-24(20-40(35,36)37)27(34)28-12-15-39-17-16-38-14-7-8-21(2)32/h5-6,9-10,18,24H,4,7-8,11-17,19-20H2,1-3H3,(H,28,34)(H,29,33)(H,35,36,37)/t24-/m0/s1. The number of nitrogens with zero attached hydrogens (tertiary/aromatic N) is 2. The normalized spacial score (nSPS) is 12.5. The molecule has 0 fully saturated rings. The van der Waals surface area contributed by atoms with Crippen LogP contribution in [0.1, 0.15) is 38.8 Å². The lowest BCUT2D eigenvalue weighted by atomic mass is 10.2. The molecule has 0 bridgehead atoms. The van der Waals surface area contributed by atoms with Crippen molar-refractivity contribution in [2.75, 3.05) is 52.3 Å². The number of hydrogen-bond donors (Lipinski definition) is 3. The summed E-state index contributed by atoms with van der Waals surface area (Å²) in [5, 5.41) is 6.02. The van der Waals surface area contributed by atoms with Crippen LogP contribution >= 0.6 is 0 Å². The minimum atomic E-state index is -4.54. The molecule has 2 aromatic rings. The molecule has 0 saturated carbocycles. The molecule has 1 aromatic carbocycles. The van der Waals surface area contributed by atoms with E-state index < -0.39 is 33.7 Å². The van der Waals surface area contributed by atoms with Crippen molar-refractivity contribution in [3.8, 4) is 0 Å². The van der Waals surface area contributed by atoms with E-state index in [-0.39, 0.29) is 32.0 Å². The number of rotatable bonds is 20. The average Bonchev–Trinajstić information content (AvgIpc) is 3.23. The van der Waals surface area contributed by atoms with Crippen LogP contribution in [0.25, 0.3) is 10.9 Å². The van der Waals surface area contributed by atoms with Gasteiger partial charge in [-0.25, -0.2) is 0 Å². The molecular weight excluding hydrogens is 540 g/mol. The maximum Gasteiger partial charge on any atom is 0.267 e. The fourth-order valence-corrected chi connectivity index (χ4v) is 4.69. The first-order valence-electron chi connectivity index (χ1n) is 13.4. The van der Waals surface area contributed by atoms with E-state index in [1.165, 1.54) is 6.92 Å². The van der Waals surface area contributed by atoms with Gasteiger partial charge in [0.2, 0.25) is 11.8 Å². The molecule has 0 saturated heterocycles. The number of nitrogens with one attached hydrogen (secondary N) is 2. The molecule has 40 heavy (non-hydrogen) atoms. The number of carbonyl (C=O) groups excluding carboxylic acids is 3. The number of fused-ring (bicyclic) bond motifs is 1. The first-order valence-corrected chi connectivity index (χ1v) is 15.0. The topological polar surface area (TPSA) is 156 Å². The molecule has 1 aromatic heterocycles. The highest BCUT2D eigenvalue weighted by atomic mass is 32.2. The van der Waals surface area contributed by atoms with Crippen molar-refractivity contribution in [3.05, 3.63) is 36.0 Å². The molecule has 3 N–H and O–H groups in total. The first-order chi connectivity index (χ1) is 19.0. The number of aryl methyl sites for hydroxylation is 1. The summed E-state index contributed by atoms with van der Waals surface area (Å²) >= 11 is 0. The Morgan fingerprint density at radius 3 is 2.45 bits per heavy atom. The van der Waals surface area contributed by atoms with Gasteiger partial charge in [0, 0.05) is 50.3 Å². The number of ether oxygens (including phenoxy) is 2. The van der Waals surface area contributed by atoms with Crippen molar-refractivity contribution in [3.63, 3.8) is 0 Å². The highest BCUT2D eigenvalue weighted by Crippen LogP contribution is 2.21. The van der Waals surface area contributed by atoms with Crippen LogP contribution in [0.4, 0.5) is 0 Å². The van der Waals surface area contributed by atoms with Gasteiger partial charge in [-0.3, -0.25) is 14.1 Å². The van der Waals surface area contributed by atoms with Gasteiger partial charge in [-0.2, -0.15) is 8.42 Å². The van der Waals surface area contributed by atoms with Crippen LogP contribution < -0.4 is 10.6 Å². The molecule has 0 aliphatic rings. The van der Waals surface area contributed by atoms with Crippen LogP contribution in [0.15, 0.2) is 30.3 Å². The van der Waals surface area contributed by atoms with E-state index in [4.69, 9.17) is 9.47 Å². The number of amides is 2. The quantitative estimate of drug-likeness (QED) is 0.155. The van der Waals surface area contributed by atoms with Crippen molar-refractivity contribution < 1.29 is 36.8 Å². The second-order valence-electron chi connectivity index (χ2n) is 9.62. The van der Waals surface area contributed by atoms with Crippen LogP contribution in [0, 0.1) is 0 Å². The molecule has 13 heteroatoms. The SMILES string of the molecule is CCN(C)Cc1cc2ccccc2n1CCC(=O)N[C@@H](CS(=O)(=O)O)C(=O)NCCOCCOCCCC(C)=O. The Morgan fingerprint density at radius 2 is 1.77 bits per heavy atom. The molecule has 1 atom stereocenters. The summed E-state index contributed by atoms with van der Waals surface area (Å²) in [6.45, 7) is 6.75. The van der Waals surface area contributed by atoms with Gasteiger partial charge in [-0.05, 0) is 44.5 Å². The van der Waals surface area contributed by atoms with E-state index in [9.17, 15) is 27.4 Å². The average molecular weight is 583 g/mol. The van der Waals surface area contributed by atoms with E-state index in [1.807, 2.05) is 35.9 Å². The Balaban J connectivity index is 1.86. The second-order valence-corrected chi connectivity index (χ2v) is 11.1. The monoisotopic (exact) mass is 582 g/mol. The van der Waals surface area contributed by atoms with Gasteiger partial charge in [0.25, 0.3) is 10.1 Å². The van der Waals surface area contributed by atoms with Crippen LogP contribution in [-0.4, -0.2) is 98.4 Å². The van der Waals surface area contributed by atoms with Gasteiger partial charge < -0.3 is 34.4 Å². The molecule has 0 aliphatic carbocycles. The van der Waals surface area contributed by atoms with Gasteiger partial charge in [-0.15, -0.1) is 0 Å². The zero-order valence-corrected chi connectivity index (χ0v) is 24.4. The predicted molar refractivity (Wildman–Crippen MR) is 151 cm³/mol. The fraction of sp³-hybridized carbons (Fsp3) is 0.593. The lowest BCUT2D eigenvalue weighted by molar-refractivity contribution is -0.128. The van der Waals surface area contributed by atoms with Gasteiger partial charge in [0.05, 0.1) is 19.8 Å². The zero-order valence-electron chi connectivity index (χ0n) is 23.6. The Morgan fingerprint density at radius 1 is 1.07 bits per heavy atom. The number of aromatic nitrogens is 1. The zero-order chi connectivity index (χ0) is 29.5. The summed E-state index contributed by atoms with van der Waals surface area (Å²) in [6.07, 6.45) is 1.12. The van der Waals surface area contributed by atoms with Crippen molar-refractivity contribution >= 4 is 38.6 Å². The Kier molecular flexibility index (Phi) is 14.2. The minimum Gasteiger partial charge on any atom is -0.379 e. The van der Waals surface area contributed by atoms with Gasteiger partial charge >= 0.3 is 0 Å². The molecule has 0 radical (unpaired) electrons. The number of benzene rings is 1. The molecule has 1 heterocycles. The van der Waals surface area contributed by atoms with Gasteiger partial charge in [-0.1, -0.05) is 25.1 Å². The molecule has 2 rings (SSSR count). The Bertz CT molecular complexity index is 1210. The molecule has 2 amide bonds. The highest BCUT2D eigenvalue weighted by molar-refractivity contribution is 7.85. The molecule has 0 aliphatic heterocycles. The summed E-state index contributed by atoms with van der Waals surface area (Å²) in [4.78, 5) is 38.4. The third-order valence-electron chi connectivity index (χ3n) is 6.19. The second kappa shape index (κ2) is 17.1. The third-order valence-corrected chi connectivity index (χ3v) is 6.95. The molecule has 0 unspecified atom stereocenters. The smallest absolute Gasteiger partial charge is 0.267 e. The number of hydrogen-bond acceptors (Lipinski definition) is 8. The van der Waals surface area contributed by atoms with Crippen LogP contribution in [-0.2, 0) is 47.1 Å². The molecule has 224 valence electrons. The van der Waals surface area contributed by atoms with Crippen molar-refractivity contribution in [2.24, 2.45) is 0 Å². The summed E-state index contributed by atoms with van der Waals surface area (Å²) < 4.78 is 45.1. The van der Waals surface area contributed by atoms with Gasteiger partial charge in [0.15, 0.2) is 0 Å². The number of carbonyl (C=O) groups is 3. The minimum absolute atomic E-state index is 0.00625. The molecule has 12 nitrogen and oxygen atoms in total. The van der Waals surface area contributed by atoms with Crippen molar-refractivity contribution in [2.45, 2.75) is 52.2 Å². The van der Waals surface area contributed by atoms with E-state index in [0.717, 1.165) is 23.1 Å². The van der Waals surface area contributed by atoms with Gasteiger partial charge in [0.1, 0.15) is 17.6 Å². The highest BCUT2D eigenvalue weighted by Gasteiger charge is 2.26. The number of Topliss-reactive ketones (excluding diaryl/α,β-unsaturated/α-hetero) is 1. The van der Waals surface area contributed by atoms with E-state index in [0.29, 0.717) is 39.1 Å². The largest absolute Gasteiger partial charge is 0.379 e. The summed E-state index contributed by atoms with van der Waals surface area (Å²) in [7, 11) is -2.53. The summed E-state index contributed by atoms with van der Waals surface area (Å²) in [5.74, 6) is -2.10. The number of ketones is 1.